The van der Waals surface area contributed by atoms with Gasteiger partial charge in [-0.15, -0.1) is 11.3 Å². The maximum absolute atomic E-state index is 12.6. The molecule has 0 atom stereocenters. The lowest BCUT2D eigenvalue weighted by Gasteiger charge is -2.11. The van der Waals surface area contributed by atoms with Crippen molar-refractivity contribution in [3.8, 4) is 5.75 Å². The van der Waals surface area contributed by atoms with E-state index >= 15 is 0 Å². The summed E-state index contributed by atoms with van der Waals surface area (Å²) in [6, 6.07) is 15.0. The molecule has 0 saturated heterocycles. The summed E-state index contributed by atoms with van der Waals surface area (Å²) < 4.78 is 56.2. The fourth-order valence-corrected chi connectivity index (χ4v) is 4.59. The molecule has 0 unspecified atom stereocenters. The van der Waals surface area contributed by atoms with Crippen LogP contribution in [-0.4, -0.2) is 26.6 Å². The number of nitrogens with one attached hydrogen (secondary N) is 2. The quantitative estimate of drug-likeness (QED) is 0.383. The summed E-state index contributed by atoms with van der Waals surface area (Å²) in [5, 5.41) is 5.64. The van der Waals surface area contributed by atoms with Crippen LogP contribution in [0.25, 0.3) is 0 Å². The summed E-state index contributed by atoms with van der Waals surface area (Å²) in [5.74, 6) is -0.621. The van der Waals surface area contributed by atoms with Crippen molar-refractivity contribution in [3.05, 3.63) is 77.2 Å². The molecule has 3 rings (SSSR count). The van der Waals surface area contributed by atoms with E-state index in [1.54, 1.807) is 30.5 Å². The minimum absolute atomic E-state index is 0.00235. The Morgan fingerprint density at radius 3 is 2.42 bits per heavy atom. The van der Waals surface area contributed by atoms with E-state index in [-0.39, 0.29) is 21.2 Å². The number of nitrogens with zero attached hydrogens (tertiary/aromatic N) is 1. The molecular formula is C20H17F2N3O4S2. The Labute approximate surface area is 181 Å². The highest BCUT2D eigenvalue weighted by molar-refractivity contribution is 7.94. The van der Waals surface area contributed by atoms with Crippen molar-refractivity contribution < 1.29 is 26.7 Å². The molecule has 2 N–H and O–H groups in total. The summed E-state index contributed by atoms with van der Waals surface area (Å²) in [4.78, 5) is 12.6. The zero-order chi connectivity index (χ0) is 22.4. The number of thiophene rings is 1. The number of benzene rings is 2. The zero-order valence-electron chi connectivity index (χ0n) is 16.1. The second-order valence-corrected chi connectivity index (χ2v) is 8.98. The molecule has 0 spiro atoms. The number of anilines is 1. The number of hydrogen-bond acceptors (Lipinski definition) is 6. The SMILES string of the molecule is CC(=NNC(=O)c1ccccc1NS(=O)(=O)c1cccs1)c1ccc(OC(F)F)cc1. The molecule has 162 valence electrons. The molecule has 1 amide bonds. The van der Waals surface area contributed by atoms with Crippen LogP contribution in [0.2, 0.25) is 0 Å². The first-order valence-electron chi connectivity index (χ1n) is 8.81. The number of ether oxygens (including phenoxy) is 1. The van der Waals surface area contributed by atoms with Gasteiger partial charge in [-0.1, -0.05) is 18.2 Å². The normalized spacial score (nSPS) is 11.9. The molecule has 1 heterocycles. The van der Waals surface area contributed by atoms with Crippen molar-refractivity contribution in [3.63, 3.8) is 0 Å². The minimum Gasteiger partial charge on any atom is -0.435 e. The number of rotatable bonds is 8. The van der Waals surface area contributed by atoms with Gasteiger partial charge in [0.05, 0.1) is 17.0 Å². The highest BCUT2D eigenvalue weighted by atomic mass is 32.2. The fraction of sp³-hybridized carbons (Fsp3) is 0.100. The van der Waals surface area contributed by atoms with Gasteiger partial charge in [0, 0.05) is 0 Å². The molecule has 0 aliphatic rings. The molecule has 0 bridgehead atoms. The summed E-state index contributed by atoms with van der Waals surface area (Å²) in [6.45, 7) is -1.30. The lowest BCUT2D eigenvalue weighted by atomic mass is 10.1. The van der Waals surface area contributed by atoms with Crippen molar-refractivity contribution in [2.75, 3.05) is 4.72 Å². The van der Waals surface area contributed by atoms with Gasteiger partial charge in [-0.05, 0) is 60.3 Å². The number of sulfonamides is 1. The van der Waals surface area contributed by atoms with E-state index < -0.39 is 22.5 Å². The molecule has 3 aromatic rings. The number of amides is 1. The number of carbonyl (C=O) groups excluding carboxylic acids is 1. The molecule has 7 nitrogen and oxygen atoms in total. The maximum Gasteiger partial charge on any atom is 0.387 e. The molecule has 2 aromatic carbocycles. The van der Waals surface area contributed by atoms with Crippen LogP contribution in [0.4, 0.5) is 14.5 Å². The third-order valence-electron chi connectivity index (χ3n) is 4.00. The fourth-order valence-electron chi connectivity index (χ4n) is 2.52. The Kier molecular flexibility index (Phi) is 6.98. The van der Waals surface area contributed by atoms with Crippen molar-refractivity contribution in [2.24, 2.45) is 5.10 Å². The van der Waals surface area contributed by atoms with E-state index in [9.17, 15) is 22.0 Å². The first-order valence-corrected chi connectivity index (χ1v) is 11.2. The van der Waals surface area contributed by atoms with Gasteiger partial charge in [0.2, 0.25) is 0 Å². The van der Waals surface area contributed by atoms with Gasteiger partial charge in [0.25, 0.3) is 15.9 Å². The predicted octanol–water partition coefficient (Wildman–Crippen LogP) is 4.30. The molecule has 31 heavy (non-hydrogen) atoms. The van der Waals surface area contributed by atoms with E-state index in [0.717, 1.165) is 11.3 Å². The van der Waals surface area contributed by atoms with E-state index in [4.69, 9.17) is 0 Å². The Hall–Kier alpha value is -3.31. The molecule has 0 radical (unpaired) electrons. The Bertz CT molecular complexity index is 1180. The molecule has 0 aliphatic carbocycles. The molecule has 0 aliphatic heterocycles. The van der Waals surface area contributed by atoms with Crippen LogP contribution in [0.5, 0.6) is 5.75 Å². The number of hydrazone groups is 1. The molecule has 0 fully saturated rings. The van der Waals surface area contributed by atoms with Crippen molar-refractivity contribution in [1.82, 2.24) is 5.43 Å². The first-order chi connectivity index (χ1) is 14.8. The zero-order valence-corrected chi connectivity index (χ0v) is 17.7. The molecule has 0 saturated carbocycles. The van der Waals surface area contributed by atoms with E-state index in [1.165, 1.54) is 42.5 Å². The van der Waals surface area contributed by atoms with Gasteiger partial charge >= 0.3 is 6.61 Å². The highest BCUT2D eigenvalue weighted by Crippen LogP contribution is 2.23. The minimum atomic E-state index is -3.83. The standard InChI is InChI=1S/C20H17F2N3O4S2/c1-13(14-8-10-15(11-9-14)29-20(21)22)23-24-19(26)16-5-2-3-6-17(16)25-31(27,28)18-7-4-12-30-18/h2-12,20,25H,1H3,(H,24,26). The van der Waals surface area contributed by atoms with E-state index in [0.29, 0.717) is 11.3 Å². The summed E-state index contributed by atoms with van der Waals surface area (Å²) >= 11 is 1.06. The Balaban J connectivity index is 1.73. The van der Waals surface area contributed by atoms with Crippen LogP contribution in [-0.2, 0) is 10.0 Å². The van der Waals surface area contributed by atoms with Gasteiger partial charge in [-0.3, -0.25) is 9.52 Å². The lowest BCUT2D eigenvalue weighted by molar-refractivity contribution is -0.0498. The third-order valence-corrected chi connectivity index (χ3v) is 6.76. The summed E-state index contributed by atoms with van der Waals surface area (Å²) in [5.41, 5.74) is 3.55. The van der Waals surface area contributed by atoms with Crippen LogP contribution in [0.3, 0.4) is 0 Å². The Morgan fingerprint density at radius 1 is 1.06 bits per heavy atom. The Morgan fingerprint density at radius 2 is 1.77 bits per heavy atom. The predicted molar refractivity (Wildman–Crippen MR) is 114 cm³/mol. The first kappa shape index (κ1) is 22.4. The largest absolute Gasteiger partial charge is 0.435 e. The smallest absolute Gasteiger partial charge is 0.387 e. The van der Waals surface area contributed by atoms with Gasteiger partial charge in [-0.25, -0.2) is 13.8 Å². The molecular weight excluding hydrogens is 448 g/mol. The van der Waals surface area contributed by atoms with E-state index in [1.807, 2.05) is 0 Å². The number of para-hydroxylation sites is 1. The number of hydrogen-bond donors (Lipinski definition) is 2. The van der Waals surface area contributed by atoms with Crippen molar-refractivity contribution in [1.29, 1.82) is 0 Å². The number of halogens is 2. The van der Waals surface area contributed by atoms with Gasteiger partial charge in [-0.2, -0.15) is 13.9 Å². The van der Waals surface area contributed by atoms with Crippen LogP contribution in [0.1, 0.15) is 22.8 Å². The average Bonchev–Trinajstić information content (AvgIpc) is 3.28. The van der Waals surface area contributed by atoms with Crippen molar-refractivity contribution >= 4 is 38.7 Å². The van der Waals surface area contributed by atoms with Crippen LogP contribution >= 0.6 is 11.3 Å². The number of carbonyl (C=O) groups is 1. The topological polar surface area (TPSA) is 96.9 Å². The highest BCUT2D eigenvalue weighted by Gasteiger charge is 2.19. The lowest BCUT2D eigenvalue weighted by Crippen LogP contribution is -2.22. The van der Waals surface area contributed by atoms with Crippen LogP contribution in [0.15, 0.2) is 75.4 Å². The van der Waals surface area contributed by atoms with Crippen LogP contribution < -0.4 is 14.9 Å². The second-order valence-electron chi connectivity index (χ2n) is 6.12. The summed E-state index contributed by atoms with van der Waals surface area (Å²) in [6.07, 6.45) is 0. The molecule has 11 heteroatoms. The second kappa shape index (κ2) is 9.67. The third kappa shape index (κ3) is 5.86. The van der Waals surface area contributed by atoms with Crippen molar-refractivity contribution in [2.45, 2.75) is 17.7 Å². The van der Waals surface area contributed by atoms with Gasteiger partial charge in [0.15, 0.2) is 0 Å². The maximum atomic E-state index is 12.6. The van der Waals surface area contributed by atoms with Crippen LogP contribution in [0, 0.1) is 0 Å². The molecule has 1 aromatic heterocycles. The summed E-state index contributed by atoms with van der Waals surface area (Å²) in [7, 11) is -3.83. The van der Waals surface area contributed by atoms with Gasteiger partial charge < -0.3 is 4.74 Å². The monoisotopic (exact) mass is 465 g/mol. The average molecular weight is 466 g/mol. The van der Waals surface area contributed by atoms with Gasteiger partial charge in [0.1, 0.15) is 9.96 Å². The number of alkyl halides is 2. The van der Waals surface area contributed by atoms with E-state index in [2.05, 4.69) is 20.0 Å².